The standard InChI is InChI=1S/C21H17N3O3S2/c1-26-13-8-10-14(11-9-13)27-20(25)18-16(22)15-17(12-6-4-3-5-7-12)23-21(28-2)24-19(15)29-18/h3-11H,22H2,1-2H3. The Bertz CT molecular complexity index is 1180. The van der Waals surface area contributed by atoms with Crippen molar-refractivity contribution >= 4 is 45.0 Å². The Hall–Kier alpha value is -3.10. The van der Waals surface area contributed by atoms with E-state index >= 15 is 0 Å². The highest BCUT2D eigenvalue weighted by Crippen LogP contribution is 2.39. The maximum Gasteiger partial charge on any atom is 0.355 e. The number of hydrogen-bond acceptors (Lipinski definition) is 8. The minimum absolute atomic E-state index is 0.306. The van der Waals surface area contributed by atoms with Crippen LogP contribution in [0.5, 0.6) is 11.5 Å². The van der Waals surface area contributed by atoms with Gasteiger partial charge in [-0.2, -0.15) is 0 Å². The molecule has 29 heavy (non-hydrogen) atoms. The molecule has 0 spiro atoms. The average Bonchev–Trinajstić information content (AvgIpc) is 3.10. The maximum absolute atomic E-state index is 12.8. The van der Waals surface area contributed by atoms with Crippen molar-refractivity contribution in [3.05, 3.63) is 59.5 Å². The zero-order valence-electron chi connectivity index (χ0n) is 15.7. The minimum Gasteiger partial charge on any atom is -0.497 e. The number of methoxy groups -OCH3 is 1. The smallest absolute Gasteiger partial charge is 0.355 e. The Morgan fingerprint density at radius 1 is 1.03 bits per heavy atom. The minimum atomic E-state index is -0.527. The molecule has 0 radical (unpaired) electrons. The van der Waals surface area contributed by atoms with Gasteiger partial charge in [-0.1, -0.05) is 42.1 Å². The molecule has 6 nitrogen and oxygen atoms in total. The molecule has 0 amide bonds. The van der Waals surface area contributed by atoms with Crippen LogP contribution in [-0.2, 0) is 0 Å². The first-order chi connectivity index (χ1) is 14.1. The SMILES string of the molecule is COc1ccc(OC(=O)c2sc3nc(SC)nc(-c4ccccc4)c3c2N)cc1. The predicted molar refractivity (Wildman–Crippen MR) is 117 cm³/mol. The summed E-state index contributed by atoms with van der Waals surface area (Å²) >= 11 is 2.65. The number of thioether (sulfide) groups is 1. The van der Waals surface area contributed by atoms with Crippen LogP contribution in [-0.4, -0.2) is 29.3 Å². The number of nitrogens with zero attached hydrogens (tertiary/aromatic N) is 2. The normalized spacial score (nSPS) is 10.8. The van der Waals surface area contributed by atoms with Crippen LogP contribution in [0, 0.1) is 0 Å². The number of thiophene rings is 1. The largest absolute Gasteiger partial charge is 0.497 e. The molecule has 2 heterocycles. The topological polar surface area (TPSA) is 87.3 Å². The number of aromatic nitrogens is 2. The van der Waals surface area contributed by atoms with Gasteiger partial charge in [-0.15, -0.1) is 11.3 Å². The van der Waals surface area contributed by atoms with Crippen LogP contribution in [0.3, 0.4) is 0 Å². The van der Waals surface area contributed by atoms with Crippen molar-refractivity contribution in [3.63, 3.8) is 0 Å². The number of nitrogen functional groups attached to an aromatic ring is 1. The van der Waals surface area contributed by atoms with Gasteiger partial charge in [0.15, 0.2) is 5.16 Å². The van der Waals surface area contributed by atoms with Crippen LogP contribution in [0.2, 0.25) is 0 Å². The third-order valence-electron chi connectivity index (χ3n) is 4.25. The lowest BCUT2D eigenvalue weighted by Gasteiger charge is -2.06. The fourth-order valence-electron chi connectivity index (χ4n) is 2.85. The Morgan fingerprint density at radius 2 is 1.72 bits per heavy atom. The zero-order chi connectivity index (χ0) is 20.4. The van der Waals surface area contributed by atoms with Crippen molar-refractivity contribution in [1.82, 2.24) is 9.97 Å². The number of nitrogens with two attached hydrogens (primary N) is 1. The number of esters is 1. The van der Waals surface area contributed by atoms with Gasteiger partial charge < -0.3 is 15.2 Å². The van der Waals surface area contributed by atoms with Crippen LogP contribution < -0.4 is 15.2 Å². The summed E-state index contributed by atoms with van der Waals surface area (Å²) in [6, 6.07) is 16.5. The van der Waals surface area contributed by atoms with Gasteiger partial charge >= 0.3 is 5.97 Å². The molecule has 0 aliphatic carbocycles. The molecule has 4 aromatic rings. The summed E-state index contributed by atoms with van der Waals surface area (Å²) in [4.78, 5) is 22.9. The third-order valence-corrected chi connectivity index (χ3v) is 5.88. The number of ether oxygens (including phenoxy) is 2. The third kappa shape index (κ3) is 3.76. The number of benzene rings is 2. The van der Waals surface area contributed by atoms with E-state index in [4.69, 9.17) is 15.2 Å². The van der Waals surface area contributed by atoms with E-state index in [1.807, 2.05) is 36.6 Å². The fraction of sp³-hybridized carbons (Fsp3) is 0.0952. The number of fused-ring (bicyclic) bond motifs is 1. The van der Waals surface area contributed by atoms with Crippen molar-refractivity contribution in [2.45, 2.75) is 5.16 Å². The highest BCUT2D eigenvalue weighted by Gasteiger charge is 2.23. The van der Waals surface area contributed by atoms with Gasteiger partial charge in [0.2, 0.25) is 0 Å². The van der Waals surface area contributed by atoms with Crippen LogP contribution >= 0.6 is 23.1 Å². The van der Waals surface area contributed by atoms with E-state index in [1.165, 1.54) is 23.1 Å². The van der Waals surface area contributed by atoms with Gasteiger partial charge in [-0.05, 0) is 30.5 Å². The summed E-state index contributed by atoms with van der Waals surface area (Å²) in [7, 11) is 1.58. The lowest BCUT2D eigenvalue weighted by atomic mass is 10.1. The summed E-state index contributed by atoms with van der Waals surface area (Å²) in [5.74, 6) is 0.561. The molecule has 0 saturated heterocycles. The molecule has 146 valence electrons. The molecule has 0 atom stereocenters. The van der Waals surface area contributed by atoms with E-state index in [1.54, 1.807) is 31.4 Å². The van der Waals surface area contributed by atoms with Gasteiger partial charge in [-0.3, -0.25) is 0 Å². The number of rotatable bonds is 5. The van der Waals surface area contributed by atoms with Gasteiger partial charge in [0.1, 0.15) is 21.2 Å². The first-order valence-corrected chi connectivity index (χ1v) is 10.7. The fourth-order valence-corrected chi connectivity index (χ4v) is 4.24. The summed E-state index contributed by atoms with van der Waals surface area (Å²) in [6.45, 7) is 0. The lowest BCUT2D eigenvalue weighted by Crippen LogP contribution is -2.08. The van der Waals surface area contributed by atoms with E-state index in [2.05, 4.69) is 9.97 Å². The van der Waals surface area contributed by atoms with Crippen LogP contribution in [0.4, 0.5) is 5.69 Å². The Balaban J connectivity index is 1.77. The van der Waals surface area contributed by atoms with Crippen molar-refractivity contribution in [2.75, 3.05) is 19.1 Å². The predicted octanol–water partition coefficient (Wildman–Crippen LogP) is 4.89. The van der Waals surface area contributed by atoms with Crippen molar-refractivity contribution in [1.29, 1.82) is 0 Å². The quantitative estimate of drug-likeness (QED) is 0.212. The van der Waals surface area contributed by atoms with Gasteiger partial charge in [0, 0.05) is 5.56 Å². The number of carbonyl (C=O) groups excluding carboxylic acids is 1. The Labute approximate surface area is 175 Å². The summed E-state index contributed by atoms with van der Waals surface area (Å²) in [6.07, 6.45) is 1.91. The number of hydrogen-bond donors (Lipinski definition) is 1. The van der Waals surface area contributed by atoms with Crippen molar-refractivity contribution < 1.29 is 14.3 Å². The summed E-state index contributed by atoms with van der Waals surface area (Å²) in [5, 5.41) is 1.29. The van der Waals surface area contributed by atoms with Gasteiger partial charge in [0.05, 0.1) is 23.9 Å². The molecular weight excluding hydrogens is 406 g/mol. The van der Waals surface area contributed by atoms with Gasteiger partial charge in [-0.25, -0.2) is 14.8 Å². The first kappa shape index (κ1) is 19.2. The molecule has 0 bridgehead atoms. The van der Waals surface area contributed by atoms with E-state index in [-0.39, 0.29) is 0 Å². The lowest BCUT2D eigenvalue weighted by molar-refractivity contribution is 0.0741. The van der Waals surface area contributed by atoms with Crippen LogP contribution in [0.1, 0.15) is 9.67 Å². The molecule has 2 N–H and O–H groups in total. The molecule has 2 aromatic carbocycles. The molecule has 0 fully saturated rings. The molecular formula is C21H17N3O3S2. The molecule has 0 aliphatic rings. The molecule has 0 saturated carbocycles. The van der Waals surface area contributed by atoms with Crippen molar-refractivity contribution in [3.8, 4) is 22.8 Å². The highest BCUT2D eigenvalue weighted by molar-refractivity contribution is 7.98. The Kier molecular flexibility index (Phi) is 5.37. The highest BCUT2D eigenvalue weighted by atomic mass is 32.2. The van der Waals surface area contributed by atoms with Crippen LogP contribution in [0.15, 0.2) is 59.8 Å². The maximum atomic E-state index is 12.8. The molecule has 0 unspecified atom stereocenters. The van der Waals surface area contributed by atoms with E-state index < -0.39 is 5.97 Å². The molecule has 8 heteroatoms. The van der Waals surface area contributed by atoms with Crippen molar-refractivity contribution in [2.24, 2.45) is 0 Å². The summed E-state index contributed by atoms with van der Waals surface area (Å²) in [5.41, 5.74) is 8.32. The van der Waals surface area contributed by atoms with E-state index in [0.29, 0.717) is 43.1 Å². The molecule has 0 aliphatic heterocycles. The summed E-state index contributed by atoms with van der Waals surface area (Å²) < 4.78 is 10.6. The first-order valence-electron chi connectivity index (χ1n) is 8.66. The number of carbonyl (C=O) groups is 1. The van der Waals surface area contributed by atoms with Crippen LogP contribution in [0.25, 0.3) is 21.5 Å². The second-order valence-electron chi connectivity index (χ2n) is 6.01. The Morgan fingerprint density at radius 3 is 2.38 bits per heavy atom. The average molecular weight is 424 g/mol. The molecule has 2 aromatic heterocycles. The molecule has 4 rings (SSSR count). The van der Waals surface area contributed by atoms with E-state index in [9.17, 15) is 4.79 Å². The second kappa shape index (κ2) is 8.10. The number of anilines is 1. The second-order valence-corrected chi connectivity index (χ2v) is 7.79. The zero-order valence-corrected chi connectivity index (χ0v) is 17.3. The van der Waals surface area contributed by atoms with E-state index in [0.717, 1.165) is 5.56 Å². The monoisotopic (exact) mass is 423 g/mol. The van der Waals surface area contributed by atoms with Gasteiger partial charge in [0.25, 0.3) is 0 Å².